The van der Waals surface area contributed by atoms with Crippen LogP contribution in [0, 0.1) is 17.3 Å². The largest absolute Gasteiger partial charge is 0.0533 e. The lowest BCUT2D eigenvalue weighted by Crippen LogP contribution is -2.34. The van der Waals surface area contributed by atoms with Crippen LogP contribution in [0.25, 0.3) is 0 Å². The summed E-state index contributed by atoms with van der Waals surface area (Å²) in [5.41, 5.74) is 0.799. The van der Waals surface area contributed by atoms with Crippen LogP contribution in [-0.2, 0) is 0 Å². The Morgan fingerprint density at radius 2 is 1.19 bits per heavy atom. The van der Waals surface area contributed by atoms with Crippen LogP contribution in [-0.4, -0.2) is 0 Å². The third-order valence-corrected chi connectivity index (χ3v) is 7.33. The average Bonchev–Trinajstić information content (AvgIpc) is 2.58. The summed E-state index contributed by atoms with van der Waals surface area (Å²) in [4.78, 5) is 0. The minimum atomic E-state index is 0.799. The first-order chi connectivity index (χ1) is 10.4. The molecule has 0 spiro atoms. The minimum Gasteiger partial charge on any atom is -0.0533 e. The van der Waals surface area contributed by atoms with E-state index in [2.05, 4.69) is 0 Å². The highest BCUT2D eigenvalue weighted by molar-refractivity contribution is 4.90. The molecule has 0 saturated heterocycles. The van der Waals surface area contributed by atoms with E-state index in [1.807, 2.05) is 0 Å². The summed E-state index contributed by atoms with van der Waals surface area (Å²) in [6.07, 6.45) is 27.9. The molecule has 0 aromatic carbocycles. The monoisotopic (exact) mass is 290 g/mol. The fourth-order valence-electron chi connectivity index (χ4n) is 6.05. The molecule has 0 nitrogen and oxygen atoms in total. The standard InChI is InChI=1S/C21H38/c1-4-11-19(12-5-1)13-10-18-21(16-8-3-9-17-21)20-14-6-2-7-15-20/h19-20H,1-18H2. The molecule has 0 heterocycles. The van der Waals surface area contributed by atoms with Gasteiger partial charge in [-0.1, -0.05) is 83.5 Å². The molecular weight excluding hydrogens is 252 g/mol. The first-order valence-electron chi connectivity index (χ1n) is 10.4. The van der Waals surface area contributed by atoms with E-state index < -0.39 is 0 Å². The number of hydrogen-bond donors (Lipinski definition) is 0. The summed E-state index contributed by atoms with van der Waals surface area (Å²) in [6, 6.07) is 0. The first-order valence-corrected chi connectivity index (χ1v) is 10.4. The van der Waals surface area contributed by atoms with Crippen LogP contribution < -0.4 is 0 Å². The molecule has 3 fully saturated rings. The summed E-state index contributed by atoms with van der Waals surface area (Å²) >= 11 is 0. The highest BCUT2D eigenvalue weighted by Crippen LogP contribution is 2.51. The van der Waals surface area contributed by atoms with E-state index in [0.717, 1.165) is 17.3 Å². The van der Waals surface area contributed by atoms with Gasteiger partial charge in [0, 0.05) is 0 Å². The molecule has 0 amide bonds. The van der Waals surface area contributed by atoms with Crippen LogP contribution in [0.15, 0.2) is 0 Å². The summed E-state index contributed by atoms with van der Waals surface area (Å²) in [5, 5.41) is 0. The maximum absolute atomic E-state index is 1.59. The molecule has 0 aliphatic heterocycles. The molecule has 0 aromatic heterocycles. The van der Waals surface area contributed by atoms with Crippen LogP contribution in [0.2, 0.25) is 0 Å². The minimum absolute atomic E-state index is 0.799. The van der Waals surface area contributed by atoms with Gasteiger partial charge in [0.2, 0.25) is 0 Å². The molecule has 3 aliphatic carbocycles. The normalized spacial score (nSPS) is 28.6. The Bertz CT molecular complexity index is 274. The van der Waals surface area contributed by atoms with E-state index in [9.17, 15) is 0 Å². The Morgan fingerprint density at radius 1 is 0.619 bits per heavy atom. The number of hydrogen-bond acceptors (Lipinski definition) is 0. The summed E-state index contributed by atoms with van der Waals surface area (Å²) in [6.45, 7) is 0. The van der Waals surface area contributed by atoms with Gasteiger partial charge in [-0.3, -0.25) is 0 Å². The Morgan fingerprint density at radius 3 is 1.86 bits per heavy atom. The lowest BCUT2D eigenvalue weighted by molar-refractivity contribution is 0.0528. The van der Waals surface area contributed by atoms with Gasteiger partial charge < -0.3 is 0 Å². The molecule has 0 bridgehead atoms. The van der Waals surface area contributed by atoms with Gasteiger partial charge in [0.05, 0.1) is 0 Å². The topological polar surface area (TPSA) is 0 Å². The molecule has 3 aliphatic rings. The van der Waals surface area contributed by atoms with Gasteiger partial charge >= 0.3 is 0 Å². The van der Waals surface area contributed by atoms with Crippen molar-refractivity contribution < 1.29 is 0 Å². The van der Waals surface area contributed by atoms with Crippen LogP contribution in [0.4, 0.5) is 0 Å². The summed E-state index contributed by atoms with van der Waals surface area (Å²) in [5.74, 6) is 2.21. The van der Waals surface area contributed by atoms with Crippen molar-refractivity contribution in [2.45, 2.75) is 116 Å². The van der Waals surface area contributed by atoms with Crippen molar-refractivity contribution in [1.82, 2.24) is 0 Å². The van der Waals surface area contributed by atoms with Crippen molar-refractivity contribution in [2.75, 3.05) is 0 Å². The van der Waals surface area contributed by atoms with Gasteiger partial charge in [-0.2, -0.15) is 0 Å². The second-order valence-electron chi connectivity index (χ2n) is 8.65. The first kappa shape index (κ1) is 15.9. The van der Waals surface area contributed by atoms with E-state index >= 15 is 0 Å². The predicted octanol–water partition coefficient (Wildman–Crippen LogP) is 7.27. The third kappa shape index (κ3) is 4.26. The summed E-state index contributed by atoms with van der Waals surface area (Å²) in [7, 11) is 0. The summed E-state index contributed by atoms with van der Waals surface area (Å²) < 4.78 is 0. The van der Waals surface area contributed by atoms with Crippen molar-refractivity contribution >= 4 is 0 Å². The van der Waals surface area contributed by atoms with Crippen molar-refractivity contribution in [3.8, 4) is 0 Å². The van der Waals surface area contributed by atoms with Gasteiger partial charge in [-0.05, 0) is 49.4 Å². The maximum Gasteiger partial charge on any atom is -0.0269 e. The molecule has 0 aromatic rings. The van der Waals surface area contributed by atoms with Crippen molar-refractivity contribution in [3.05, 3.63) is 0 Å². The van der Waals surface area contributed by atoms with Crippen LogP contribution in [0.3, 0.4) is 0 Å². The average molecular weight is 291 g/mol. The molecule has 3 rings (SSSR count). The molecule has 0 atom stereocenters. The van der Waals surface area contributed by atoms with E-state index in [-0.39, 0.29) is 0 Å². The Labute approximate surface area is 133 Å². The van der Waals surface area contributed by atoms with E-state index in [4.69, 9.17) is 0 Å². The molecule has 0 heteroatoms. The quantitative estimate of drug-likeness (QED) is 0.499. The smallest absolute Gasteiger partial charge is 0.0269 e. The molecule has 3 saturated carbocycles. The maximum atomic E-state index is 1.59. The Hall–Kier alpha value is 0. The van der Waals surface area contributed by atoms with Crippen LogP contribution >= 0.6 is 0 Å². The van der Waals surface area contributed by atoms with Gasteiger partial charge in [0.25, 0.3) is 0 Å². The Balaban J connectivity index is 1.51. The molecular formula is C21H38. The molecule has 0 radical (unpaired) electrons. The second-order valence-corrected chi connectivity index (χ2v) is 8.65. The van der Waals surface area contributed by atoms with Gasteiger partial charge in [0.1, 0.15) is 0 Å². The van der Waals surface area contributed by atoms with Gasteiger partial charge in [-0.15, -0.1) is 0 Å². The van der Waals surface area contributed by atoms with E-state index in [0.29, 0.717) is 0 Å². The lowest BCUT2D eigenvalue weighted by atomic mass is 9.59. The number of rotatable bonds is 5. The Kier molecular flexibility index (Phi) is 6.07. The zero-order chi connectivity index (χ0) is 14.4. The van der Waals surface area contributed by atoms with Crippen LogP contribution in [0.5, 0.6) is 0 Å². The van der Waals surface area contributed by atoms with Gasteiger partial charge in [-0.25, -0.2) is 0 Å². The van der Waals surface area contributed by atoms with Crippen molar-refractivity contribution in [2.24, 2.45) is 17.3 Å². The molecule has 21 heavy (non-hydrogen) atoms. The van der Waals surface area contributed by atoms with E-state index in [1.165, 1.54) is 44.9 Å². The second kappa shape index (κ2) is 8.02. The van der Waals surface area contributed by atoms with Crippen LogP contribution in [0.1, 0.15) is 116 Å². The fourth-order valence-corrected chi connectivity index (χ4v) is 6.05. The van der Waals surface area contributed by atoms with Crippen molar-refractivity contribution in [1.29, 1.82) is 0 Å². The van der Waals surface area contributed by atoms with E-state index in [1.54, 1.807) is 70.6 Å². The fraction of sp³-hybridized carbons (Fsp3) is 1.00. The third-order valence-electron chi connectivity index (χ3n) is 7.33. The molecule has 0 unspecified atom stereocenters. The zero-order valence-corrected chi connectivity index (χ0v) is 14.4. The SMILES string of the molecule is C1CCC(CCCC2(C3CCCCC3)CCCCC2)CC1. The molecule has 122 valence electrons. The zero-order valence-electron chi connectivity index (χ0n) is 14.4. The molecule has 0 N–H and O–H groups in total. The highest BCUT2D eigenvalue weighted by Gasteiger charge is 2.39. The lowest BCUT2D eigenvalue weighted by Gasteiger charge is -2.46. The van der Waals surface area contributed by atoms with Gasteiger partial charge in [0.15, 0.2) is 0 Å². The highest BCUT2D eigenvalue weighted by atomic mass is 14.4. The van der Waals surface area contributed by atoms with Crippen molar-refractivity contribution in [3.63, 3.8) is 0 Å². The predicted molar refractivity (Wildman–Crippen MR) is 92.5 cm³/mol.